The zero-order chi connectivity index (χ0) is 14.3. The highest BCUT2D eigenvalue weighted by molar-refractivity contribution is 6.37. The van der Waals surface area contributed by atoms with Gasteiger partial charge in [-0.3, -0.25) is 4.79 Å². The van der Waals surface area contributed by atoms with Crippen LogP contribution in [-0.4, -0.2) is 4.57 Å². The maximum absolute atomic E-state index is 11.7. The van der Waals surface area contributed by atoms with E-state index in [1.54, 1.807) is 29.0 Å². The van der Waals surface area contributed by atoms with Gasteiger partial charge < -0.3 is 15.0 Å². The fourth-order valence-electron chi connectivity index (χ4n) is 1.98. The summed E-state index contributed by atoms with van der Waals surface area (Å²) in [6.07, 6.45) is 3.72. The van der Waals surface area contributed by atoms with Crippen LogP contribution in [0.15, 0.2) is 35.3 Å². The van der Waals surface area contributed by atoms with Crippen molar-refractivity contribution >= 4 is 28.9 Å². The SMILES string of the molecule is Nc1cc(Cl)c(Oc2ccc(=O)n(C3CC3)c2)c(Cl)c1. The lowest BCUT2D eigenvalue weighted by Gasteiger charge is -2.12. The average Bonchev–Trinajstić information content (AvgIpc) is 3.19. The fourth-order valence-corrected chi connectivity index (χ4v) is 2.56. The van der Waals surface area contributed by atoms with Crippen LogP contribution in [-0.2, 0) is 0 Å². The zero-order valence-corrected chi connectivity index (χ0v) is 12.0. The van der Waals surface area contributed by atoms with Crippen LogP contribution in [0.5, 0.6) is 11.5 Å². The largest absolute Gasteiger partial charge is 0.453 e. The van der Waals surface area contributed by atoms with Crippen molar-refractivity contribution < 1.29 is 4.74 Å². The van der Waals surface area contributed by atoms with E-state index in [2.05, 4.69) is 0 Å². The molecule has 4 nitrogen and oxygen atoms in total. The average molecular weight is 311 g/mol. The molecule has 0 unspecified atom stereocenters. The molecule has 1 aliphatic rings. The van der Waals surface area contributed by atoms with Gasteiger partial charge in [0.15, 0.2) is 5.75 Å². The van der Waals surface area contributed by atoms with Crippen LogP contribution in [0.25, 0.3) is 0 Å². The molecule has 1 aromatic carbocycles. The summed E-state index contributed by atoms with van der Waals surface area (Å²) < 4.78 is 7.36. The minimum Gasteiger partial charge on any atom is -0.453 e. The van der Waals surface area contributed by atoms with Crippen molar-refractivity contribution in [2.45, 2.75) is 18.9 Å². The van der Waals surface area contributed by atoms with Crippen molar-refractivity contribution in [3.8, 4) is 11.5 Å². The number of nitrogens with two attached hydrogens (primary N) is 1. The summed E-state index contributed by atoms with van der Waals surface area (Å²) in [5.41, 5.74) is 6.08. The van der Waals surface area contributed by atoms with Gasteiger partial charge in [0.2, 0.25) is 0 Å². The molecule has 0 aliphatic heterocycles. The summed E-state index contributed by atoms with van der Waals surface area (Å²) in [7, 11) is 0. The zero-order valence-electron chi connectivity index (χ0n) is 10.5. The molecular weight excluding hydrogens is 299 g/mol. The van der Waals surface area contributed by atoms with Crippen LogP contribution in [0.4, 0.5) is 5.69 Å². The number of nitrogen functional groups attached to an aromatic ring is 1. The molecule has 2 aromatic rings. The third-order valence-electron chi connectivity index (χ3n) is 3.09. The molecule has 0 bridgehead atoms. The van der Waals surface area contributed by atoms with Gasteiger partial charge in [0.25, 0.3) is 5.56 Å². The van der Waals surface area contributed by atoms with Crippen molar-refractivity contribution in [2.24, 2.45) is 0 Å². The van der Waals surface area contributed by atoms with Gasteiger partial charge in [0.1, 0.15) is 5.75 Å². The number of benzene rings is 1. The molecule has 0 saturated heterocycles. The molecule has 0 radical (unpaired) electrons. The quantitative estimate of drug-likeness (QED) is 0.876. The summed E-state index contributed by atoms with van der Waals surface area (Å²) in [6.45, 7) is 0. The Labute approximate surface area is 125 Å². The van der Waals surface area contributed by atoms with Gasteiger partial charge in [-0.05, 0) is 31.0 Å². The van der Waals surface area contributed by atoms with Gasteiger partial charge in [-0.1, -0.05) is 23.2 Å². The first-order chi connectivity index (χ1) is 9.54. The molecule has 3 rings (SSSR count). The standard InChI is InChI=1S/C14H12Cl2N2O2/c15-11-5-8(17)6-12(16)14(11)20-10-3-4-13(19)18(7-10)9-1-2-9/h3-7,9H,1-2,17H2. The summed E-state index contributed by atoms with van der Waals surface area (Å²) in [4.78, 5) is 11.7. The molecule has 20 heavy (non-hydrogen) atoms. The minimum atomic E-state index is -0.0330. The molecule has 0 spiro atoms. The summed E-state index contributed by atoms with van der Waals surface area (Å²) in [6, 6.07) is 6.50. The van der Waals surface area contributed by atoms with Gasteiger partial charge in [-0.15, -0.1) is 0 Å². The van der Waals surface area contributed by atoms with Crippen molar-refractivity contribution in [2.75, 3.05) is 5.73 Å². The molecule has 1 fully saturated rings. The monoisotopic (exact) mass is 310 g/mol. The maximum atomic E-state index is 11.7. The van der Waals surface area contributed by atoms with Crippen LogP contribution in [0.3, 0.4) is 0 Å². The Morgan fingerprint density at radius 1 is 1.20 bits per heavy atom. The highest BCUT2D eigenvalue weighted by atomic mass is 35.5. The smallest absolute Gasteiger partial charge is 0.251 e. The first kappa shape index (κ1) is 13.3. The van der Waals surface area contributed by atoms with E-state index in [1.807, 2.05) is 0 Å². The van der Waals surface area contributed by atoms with E-state index in [1.165, 1.54) is 6.07 Å². The van der Waals surface area contributed by atoms with Crippen LogP contribution >= 0.6 is 23.2 Å². The Morgan fingerprint density at radius 3 is 2.45 bits per heavy atom. The second kappa shape index (κ2) is 5.04. The van der Waals surface area contributed by atoms with E-state index >= 15 is 0 Å². The highest BCUT2D eigenvalue weighted by Crippen LogP contribution is 2.39. The molecule has 1 aliphatic carbocycles. The number of ether oxygens (including phenoxy) is 1. The highest BCUT2D eigenvalue weighted by Gasteiger charge is 2.24. The normalized spacial score (nSPS) is 14.3. The number of pyridine rings is 1. The van der Waals surface area contributed by atoms with Crippen LogP contribution in [0.1, 0.15) is 18.9 Å². The fraction of sp³-hybridized carbons (Fsp3) is 0.214. The van der Waals surface area contributed by atoms with E-state index in [-0.39, 0.29) is 11.6 Å². The van der Waals surface area contributed by atoms with E-state index in [9.17, 15) is 4.79 Å². The maximum Gasteiger partial charge on any atom is 0.251 e. The van der Waals surface area contributed by atoms with E-state index < -0.39 is 0 Å². The molecule has 1 heterocycles. The summed E-state index contributed by atoms with van der Waals surface area (Å²) >= 11 is 12.1. The van der Waals surface area contributed by atoms with E-state index in [0.717, 1.165) is 12.8 Å². The number of anilines is 1. The first-order valence-corrected chi connectivity index (χ1v) is 6.95. The van der Waals surface area contributed by atoms with Crippen LogP contribution in [0, 0.1) is 0 Å². The molecule has 2 N–H and O–H groups in total. The van der Waals surface area contributed by atoms with Gasteiger partial charge in [0, 0.05) is 17.8 Å². The Kier molecular flexibility index (Phi) is 3.36. The molecule has 1 aromatic heterocycles. The van der Waals surface area contributed by atoms with Gasteiger partial charge in [-0.2, -0.15) is 0 Å². The van der Waals surface area contributed by atoms with E-state index in [0.29, 0.717) is 27.2 Å². The molecule has 0 amide bonds. The van der Waals surface area contributed by atoms with Gasteiger partial charge in [-0.25, -0.2) is 0 Å². The molecule has 1 saturated carbocycles. The number of aromatic nitrogens is 1. The third-order valence-corrected chi connectivity index (χ3v) is 3.65. The number of halogens is 2. The molecule has 0 atom stereocenters. The lowest BCUT2D eigenvalue weighted by Crippen LogP contribution is -2.16. The summed E-state index contributed by atoms with van der Waals surface area (Å²) in [5, 5.41) is 0.665. The summed E-state index contributed by atoms with van der Waals surface area (Å²) in [5.74, 6) is 0.855. The molecular formula is C14H12Cl2N2O2. The van der Waals surface area contributed by atoms with Gasteiger partial charge in [0.05, 0.1) is 16.2 Å². The Balaban J connectivity index is 1.95. The first-order valence-electron chi connectivity index (χ1n) is 6.19. The second-order valence-electron chi connectivity index (χ2n) is 4.76. The topological polar surface area (TPSA) is 57.2 Å². The number of rotatable bonds is 3. The number of hydrogen-bond donors (Lipinski definition) is 1. The number of hydrogen-bond acceptors (Lipinski definition) is 3. The van der Waals surface area contributed by atoms with Gasteiger partial charge >= 0.3 is 0 Å². The predicted octanol–water partition coefficient (Wildman–Crippen LogP) is 3.86. The van der Waals surface area contributed by atoms with Crippen molar-refractivity contribution in [1.29, 1.82) is 0 Å². The second-order valence-corrected chi connectivity index (χ2v) is 5.57. The van der Waals surface area contributed by atoms with Crippen molar-refractivity contribution in [3.05, 3.63) is 50.9 Å². The van der Waals surface area contributed by atoms with E-state index in [4.69, 9.17) is 33.7 Å². The lowest BCUT2D eigenvalue weighted by atomic mass is 10.3. The Morgan fingerprint density at radius 2 is 1.85 bits per heavy atom. The third kappa shape index (κ3) is 2.62. The number of nitrogens with zero attached hydrogens (tertiary/aromatic N) is 1. The van der Waals surface area contributed by atoms with Crippen molar-refractivity contribution in [3.63, 3.8) is 0 Å². The Hall–Kier alpha value is -1.65. The van der Waals surface area contributed by atoms with Crippen molar-refractivity contribution in [1.82, 2.24) is 4.57 Å². The molecule has 6 heteroatoms. The minimum absolute atomic E-state index is 0.0330. The van der Waals surface area contributed by atoms with Crippen LogP contribution in [0.2, 0.25) is 10.0 Å². The Bertz CT molecular complexity index is 700. The molecule has 104 valence electrons. The predicted molar refractivity (Wildman–Crippen MR) is 79.9 cm³/mol. The van der Waals surface area contributed by atoms with Crippen LogP contribution < -0.4 is 16.0 Å². The lowest BCUT2D eigenvalue weighted by molar-refractivity contribution is 0.473.